The summed E-state index contributed by atoms with van der Waals surface area (Å²) in [5.41, 5.74) is 6.53. The SMILES string of the molecule is Cc1cccc(Nc2cc(-c3ccccc3)nc(NCc3ccncc3)n2)c1C. The van der Waals surface area contributed by atoms with Crippen LogP contribution in [0.25, 0.3) is 11.3 Å². The van der Waals surface area contributed by atoms with Crippen LogP contribution in [0, 0.1) is 13.8 Å². The number of nitrogens with one attached hydrogen (secondary N) is 2. The van der Waals surface area contributed by atoms with E-state index in [-0.39, 0.29) is 0 Å². The van der Waals surface area contributed by atoms with Gasteiger partial charge in [0.25, 0.3) is 0 Å². The first-order chi connectivity index (χ1) is 14.2. The highest BCUT2D eigenvalue weighted by Crippen LogP contribution is 2.26. The number of hydrogen-bond acceptors (Lipinski definition) is 5. The summed E-state index contributed by atoms with van der Waals surface area (Å²) in [6.07, 6.45) is 3.57. The van der Waals surface area contributed by atoms with Crippen LogP contribution in [0.1, 0.15) is 16.7 Å². The second-order valence-corrected chi connectivity index (χ2v) is 6.91. The molecule has 0 atom stereocenters. The topological polar surface area (TPSA) is 62.7 Å². The molecule has 4 aromatic rings. The Balaban J connectivity index is 1.67. The Labute approximate surface area is 170 Å². The largest absolute Gasteiger partial charge is 0.350 e. The summed E-state index contributed by atoms with van der Waals surface area (Å²) in [7, 11) is 0. The van der Waals surface area contributed by atoms with Crippen LogP contribution in [0.2, 0.25) is 0 Å². The highest BCUT2D eigenvalue weighted by molar-refractivity contribution is 5.69. The minimum atomic E-state index is 0.580. The highest BCUT2D eigenvalue weighted by atomic mass is 15.1. The molecule has 144 valence electrons. The van der Waals surface area contributed by atoms with Crippen LogP contribution >= 0.6 is 0 Å². The third kappa shape index (κ3) is 4.58. The van der Waals surface area contributed by atoms with Crippen molar-refractivity contribution in [3.63, 3.8) is 0 Å². The van der Waals surface area contributed by atoms with Gasteiger partial charge in [-0.1, -0.05) is 42.5 Å². The molecule has 29 heavy (non-hydrogen) atoms. The van der Waals surface area contributed by atoms with Crippen LogP contribution in [0.3, 0.4) is 0 Å². The molecule has 0 aliphatic rings. The van der Waals surface area contributed by atoms with E-state index in [2.05, 4.69) is 53.7 Å². The van der Waals surface area contributed by atoms with Crippen LogP contribution in [-0.4, -0.2) is 15.0 Å². The van der Waals surface area contributed by atoms with E-state index in [1.54, 1.807) is 12.4 Å². The first-order valence-electron chi connectivity index (χ1n) is 9.59. The molecular formula is C24H23N5. The van der Waals surface area contributed by atoms with Gasteiger partial charge in [0.15, 0.2) is 0 Å². The maximum Gasteiger partial charge on any atom is 0.225 e. The number of rotatable bonds is 6. The number of anilines is 3. The van der Waals surface area contributed by atoms with Gasteiger partial charge in [0.2, 0.25) is 5.95 Å². The first kappa shape index (κ1) is 18.6. The third-order valence-electron chi connectivity index (χ3n) is 4.86. The maximum atomic E-state index is 4.72. The Bertz CT molecular complexity index is 1090. The molecule has 0 unspecified atom stereocenters. The van der Waals surface area contributed by atoms with E-state index in [9.17, 15) is 0 Å². The Hall–Kier alpha value is -3.73. The molecule has 0 aliphatic heterocycles. The molecule has 2 aromatic carbocycles. The summed E-state index contributed by atoms with van der Waals surface area (Å²) in [5.74, 6) is 1.33. The van der Waals surface area contributed by atoms with Crippen molar-refractivity contribution in [3.05, 3.63) is 95.8 Å². The van der Waals surface area contributed by atoms with E-state index in [4.69, 9.17) is 9.97 Å². The summed E-state index contributed by atoms with van der Waals surface area (Å²) in [6, 6.07) is 22.3. The minimum Gasteiger partial charge on any atom is -0.350 e. The van der Waals surface area contributed by atoms with Gasteiger partial charge < -0.3 is 10.6 Å². The number of nitrogens with zero attached hydrogens (tertiary/aromatic N) is 3. The van der Waals surface area contributed by atoms with Gasteiger partial charge in [0.1, 0.15) is 5.82 Å². The van der Waals surface area contributed by atoms with Crippen molar-refractivity contribution < 1.29 is 0 Å². The van der Waals surface area contributed by atoms with E-state index >= 15 is 0 Å². The van der Waals surface area contributed by atoms with Crippen LogP contribution < -0.4 is 10.6 Å². The first-order valence-corrected chi connectivity index (χ1v) is 9.59. The van der Waals surface area contributed by atoms with E-state index in [0.717, 1.165) is 28.3 Å². The molecule has 0 amide bonds. The van der Waals surface area contributed by atoms with Crippen LogP contribution in [-0.2, 0) is 6.54 Å². The average Bonchev–Trinajstić information content (AvgIpc) is 2.77. The zero-order valence-electron chi connectivity index (χ0n) is 16.6. The van der Waals surface area contributed by atoms with Crippen molar-refractivity contribution in [2.45, 2.75) is 20.4 Å². The van der Waals surface area contributed by atoms with Gasteiger partial charge in [-0.25, -0.2) is 4.98 Å². The minimum absolute atomic E-state index is 0.580. The van der Waals surface area contributed by atoms with E-state index in [1.165, 1.54) is 11.1 Å². The van der Waals surface area contributed by atoms with Crippen molar-refractivity contribution in [2.24, 2.45) is 0 Å². The standard InChI is InChI=1S/C24H23N5/c1-17-7-6-10-21(18(17)2)27-23-15-22(20-8-4-3-5-9-20)28-24(29-23)26-16-19-11-13-25-14-12-19/h3-15H,16H2,1-2H3,(H2,26,27,28,29). The Kier molecular flexibility index (Phi) is 5.47. The van der Waals surface area contributed by atoms with Crippen molar-refractivity contribution in [2.75, 3.05) is 10.6 Å². The highest BCUT2D eigenvalue weighted by Gasteiger charge is 2.09. The molecule has 0 radical (unpaired) electrons. The monoisotopic (exact) mass is 381 g/mol. The zero-order valence-corrected chi connectivity index (χ0v) is 16.6. The fourth-order valence-electron chi connectivity index (χ4n) is 3.05. The van der Waals surface area contributed by atoms with E-state index in [1.807, 2.05) is 42.5 Å². The van der Waals surface area contributed by atoms with Crippen molar-refractivity contribution in [3.8, 4) is 11.3 Å². The number of aromatic nitrogens is 3. The summed E-state index contributed by atoms with van der Waals surface area (Å²) in [4.78, 5) is 13.5. The van der Waals surface area contributed by atoms with Gasteiger partial charge in [-0.05, 0) is 48.7 Å². The number of aryl methyl sites for hydroxylation is 1. The van der Waals surface area contributed by atoms with E-state index < -0.39 is 0 Å². The fourth-order valence-corrected chi connectivity index (χ4v) is 3.05. The lowest BCUT2D eigenvalue weighted by Crippen LogP contribution is -2.07. The lowest BCUT2D eigenvalue weighted by molar-refractivity contribution is 1.05. The van der Waals surface area contributed by atoms with Gasteiger partial charge in [0, 0.05) is 36.3 Å². The molecular weight excluding hydrogens is 358 g/mol. The lowest BCUT2D eigenvalue weighted by Gasteiger charge is -2.14. The molecule has 0 saturated carbocycles. The average molecular weight is 381 g/mol. The Morgan fingerprint density at radius 3 is 2.41 bits per heavy atom. The van der Waals surface area contributed by atoms with E-state index in [0.29, 0.717) is 12.5 Å². The second kappa shape index (κ2) is 8.52. The number of benzene rings is 2. The molecule has 2 aromatic heterocycles. The summed E-state index contributed by atoms with van der Waals surface area (Å²) < 4.78 is 0. The fraction of sp³-hybridized carbons (Fsp3) is 0.125. The number of hydrogen-bond donors (Lipinski definition) is 2. The lowest BCUT2D eigenvalue weighted by atomic mass is 10.1. The molecule has 0 bridgehead atoms. The van der Waals surface area contributed by atoms with Gasteiger partial charge in [-0.2, -0.15) is 4.98 Å². The van der Waals surface area contributed by atoms with Gasteiger partial charge >= 0.3 is 0 Å². The maximum absolute atomic E-state index is 4.72. The Morgan fingerprint density at radius 1 is 0.828 bits per heavy atom. The third-order valence-corrected chi connectivity index (χ3v) is 4.86. The molecule has 0 saturated heterocycles. The molecule has 5 heteroatoms. The summed E-state index contributed by atoms with van der Waals surface area (Å²) >= 11 is 0. The molecule has 5 nitrogen and oxygen atoms in total. The molecule has 0 fully saturated rings. The molecule has 4 rings (SSSR count). The van der Waals surface area contributed by atoms with Crippen LogP contribution in [0.15, 0.2) is 79.1 Å². The van der Waals surface area contributed by atoms with Crippen LogP contribution in [0.5, 0.6) is 0 Å². The normalized spacial score (nSPS) is 10.6. The van der Waals surface area contributed by atoms with Crippen molar-refractivity contribution >= 4 is 17.5 Å². The van der Waals surface area contributed by atoms with Crippen LogP contribution in [0.4, 0.5) is 17.5 Å². The second-order valence-electron chi connectivity index (χ2n) is 6.91. The summed E-state index contributed by atoms with van der Waals surface area (Å²) in [6.45, 7) is 4.85. The summed E-state index contributed by atoms with van der Waals surface area (Å²) in [5, 5.41) is 6.79. The number of pyridine rings is 1. The van der Waals surface area contributed by atoms with Gasteiger partial charge in [0.05, 0.1) is 5.69 Å². The zero-order chi connectivity index (χ0) is 20.1. The molecule has 2 heterocycles. The molecule has 0 aliphatic carbocycles. The predicted octanol–water partition coefficient (Wildman–Crippen LogP) is 5.51. The molecule has 2 N–H and O–H groups in total. The van der Waals surface area contributed by atoms with Crippen molar-refractivity contribution in [1.82, 2.24) is 15.0 Å². The molecule has 0 spiro atoms. The smallest absolute Gasteiger partial charge is 0.225 e. The van der Waals surface area contributed by atoms with Gasteiger partial charge in [-0.15, -0.1) is 0 Å². The van der Waals surface area contributed by atoms with Crippen molar-refractivity contribution in [1.29, 1.82) is 0 Å². The Morgan fingerprint density at radius 2 is 1.62 bits per heavy atom. The van der Waals surface area contributed by atoms with Gasteiger partial charge in [-0.3, -0.25) is 4.98 Å². The quantitative estimate of drug-likeness (QED) is 0.461. The predicted molar refractivity (Wildman–Crippen MR) is 118 cm³/mol.